The largest absolute Gasteiger partial charge is 0.455 e. The predicted molar refractivity (Wildman–Crippen MR) is 195 cm³/mol. The van der Waals surface area contributed by atoms with Crippen LogP contribution in [0.15, 0.2) is 153 Å². The van der Waals surface area contributed by atoms with Crippen LogP contribution in [0.4, 0.5) is 0 Å². The lowest BCUT2D eigenvalue weighted by Crippen LogP contribution is -2.00. The van der Waals surface area contributed by atoms with Gasteiger partial charge in [0.2, 0.25) is 0 Å². The van der Waals surface area contributed by atoms with E-state index in [0.29, 0.717) is 17.5 Å². The minimum absolute atomic E-state index is 0.538. The SMILES string of the molecule is c1ccc(-c2nc(-c3ccc4oc5c6ccccc6c6c7ccccc7oc6c5c4c3)nc(-c3cccc4c3oc3ccccc34)n2)cc1. The van der Waals surface area contributed by atoms with Crippen molar-refractivity contribution < 1.29 is 13.3 Å². The minimum atomic E-state index is 0.538. The molecular formula is C43H23N3O3. The van der Waals surface area contributed by atoms with E-state index < -0.39 is 0 Å². The number of nitrogens with zero attached hydrogens (tertiary/aromatic N) is 3. The summed E-state index contributed by atoms with van der Waals surface area (Å²) >= 11 is 0. The van der Waals surface area contributed by atoms with Crippen molar-refractivity contribution in [3.8, 4) is 34.2 Å². The van der Waals surface area contributed by atoms with Crippen LogP contribution < -0.4 is 0 Å². The van der Waals surface area contributed by atoms with Gasteiger partial charge in [0.1, 0.15) is 33.5 Å². The van der Waals surface area contributed by atoms with E-state index in [0.717, 1.165) is 93.3 Å². The Bertz CT molecular complexity index is 3120. The van der Waals surface area contributed by atoms with Crippen molar-refractivity contribution in [2.45, 2.75) is 0 Å². The highest BCUT2D eigenvalue weighted by atomic mass is 16.3. The molecule has 0 amide bonds. The quantitative estimate of drug-likeness (QED) is 0.193. The van der Waals surface area contributed by atoms with Gasteiger partial charge in [-0.1, -0.05) is 103 Å². The monoisotopic (exact) mass is 629 g/mol. The Labute approximate surface area is 277 Å². The molecule has 6 heteroatoms. The lowest BCUT2D eigenvalue weighted by molar-refractivity contribution is 0.665. The molecule has 11 aromatic rings. The van der Waals surface area contributed by atoms with Crippen LogP contribution in [0.2, 0.25) is 0 Å². The van der Waals surface area contributed by atoms with Crippen LogP contribution in [-0.2, 0) is 0 Å². The number of fused-ring (bicyclic) bond motifs is 13. The van der Waals surface area contributed by atoms with Gasteiger partial charge < -0.3 is 13.3 Å². The van der Waals surface area contributed by atoms with E-state index in [1.807, 2.05) is 84.9 Å². The standard InChI is InChI=1S/C43H23N3O3/c1-2-11-24(12-3-1)41-44-42(46-43(45-41)31-18-10-17-28-26-13-6-8-19-33(26)47-38(28)31)25-21-22-35-32(23-25)37-39(48-35)29-15-5-4-14-27(29)36-30-16-7-9-20-34(30)49-40(36)37/h1-23H. The van der Waals surface area contributed by atoms with Crippen LogP contribution in [0.3, 0.4) is 0 Å². The highest BCUT2D eigenvalue weighted by Crippen LogP contribution is 2.45. The van der Waals surface area contributed by atoms with Crippen LogP contribution in [0, 0.1) is 0 Å². The molecule has 0 saturated heterocycles. The van der Waals surface area contributed by atoms with E-state index in [9.17, 15) is 0 Å². The molecule has 0 spiro atoms. The molecule has 0 atom stereocenters. The number of furan rings is 3. The molecule has 0 saturated carbocycles. The fraction of sp³-hybridized carbons (Fsp3) is 0. The Morgan fingerprint density at radius 3 is 1.73 bits per heavy atom. The Kier molecular flexibility index (Phi) is 5.29. The Hall–Kier alpha value is -6.79. The van der Waals surface area contributed by atoms with E-state index in [1.165, 1.54) is 0 Å². The molecule has 6 nitrogen and oxygen atoms in total. The minimum Gasteiger partial charge on any atom is -0.455 e. The molecule has 0 unspecified atom stereocenters. The van der Waals surface area contributed by atoms with Gasteiger partial charge in [0, 0.05) is 43.4 Å². The first kappa shape index (κ1) is 26.3. The third-order valence-electron chi connectivity index (χ3n) is 9.52. The van der Waals surface area contributed by atoms with Crippen molar-refractivity contribution >= 4 is 76.6 Å². The fourth-order valence-electron chi connectivity index (χ4n) is 7.30. The number of hydrogen-bond donors (Lipinski definition) is 0. The number of para-hydroxylation sites is 3. The molecule has 0 N–H and O–H groups in total. The third-order valence-corrected chi connectivity index (χ3v) is 9.52. The van der Waals surface area contributed by atoms with E-state index >= 15 is 0 Å². The summed E-state index contributed by atoms with van der Waals surface area (Å²) < 4.78 is 19.6. The normalized spacial score (nSPS) is 12.1. The lowest BCUT2D eigenvalue weighted by Gasteiger charge is -2.09. The van der Waals surface area contributed by atoms with Crippen molar-refractivity contribution in [2.75, 3.05) is 0 Å². The number of aromatic nitrogens is 3. The van der Waals surface area contributed by atoms with Crippen molar-refractivity contribution in [3.63, 3.8) is 0 Å². The second kappa shape index (κ2) is 9.86. The molecule has 0 aliphatic heterocycles. The summed E-state index contributed by atoms with van der Waals surface area (Å²) in [5.41, 5.74) is 7.33. The zero-order chi connectivity index (χ0) is 32.1. The molecule has 4 aromatic heterocycles. The van der Waals surface area contributed by atoms with Gasteiger partial charge in [0.05, 0.1) is 10.9 Å². The first-order valence-electron chi connectivity index (χ1n) is 16.2. The zero-order valence-electron chi connectivity index (χ0n) is 25.8. The van der Waals surface area contributed by atoms with Gasteiger partial charge in [-0.2, -0.15) is 0 Å². The molecule has 4 heterocycles. The molecule has 228 valence electrons. The number of rotatable bonds is 3. The van der Waals surface area contributed by atoms with Gasteiger partial charge in [-0.25, -0.2) is 15.0 Å². The summed E-state index contributed by atoms with van der Waals surface area (Å²) in [4.78, 5) is 15.1. The summed E-state index contributed by atoms with van der Waals surface area (Å²) in [7, 11) is 0. The first-order chi connectivity index (χ1) is 24.3. The molecule has 0 fully saturated rings. The summed E-state index contributed by atoms with van der Waals surface area (Å²) in [5.74, 6) is 1.67. The van der Waals surface area contributed by atoms with Crippen LogP contribution in [0.5, 0.6) is 0 Å². The van der Waals surface area contributed by atoms with Crippen LogP contribution >= 0.6 is 0 Å². The van der Waals surface area contributed by atoms with Crippen LogP contribution in [-0.4, -0.2) is 15.0 Å². The van der Waals surface area contributed by atoms with Crippen molar-refractivity contribution in [1.82, 2.24) is 15.0 Å². The van der Waals surface area contributed by atoms with Crippen molar-refractivity contribution in [1.29, 1.82) is 0 Å². The van der Waals surface area contributed by atoms with E-state index in [2.05, 4.69) is 54.6 Å². The van der Waals surface area contributed by atoms with E-state index in [-0.39, 0.29) is 0 Å². The maximum absolute atomic E-state index is 6.60. The number of benzene rings is 7. The molecule has 7 aromatic carbocycles. The predicted octanol–water partition coefficient (Wildman–Crippen LogP) is 11.7. The average Bonchev–Trinajstić information content (AvgIpc) is 3.86. The second-order valence-corrected chi connectivity index (χ2v) is 12.3. The third kappa shape index (κ3) is 3.79. The molecule has 0 aliphatic carbocycles. The second-order valence-electron chi connectivity index (χ2n) is 12.3. The molecular weight excluding hydrogens is 606 g/mol. The smallest absolute Gasteiger partial charge is 0.167 e. The fourth-order valence-corrected chi connectivity index (χ4v) is 7.30. The molecule has 49 heavy (non-hydrogen) atoms. The molecule has 0 radical (unpaired) electrons. The van der Waals surface area contributed by atoms with Gasteiger partial charge in [-0.05, 0) is 41.8 Å². The zero-order valence-corrected chi connectivity index (χ0v) is 25.8. The Balaban J connectivity index is 1.20. The molecule has 0 bridgehead atoms. The maximum Gasteiger partial charge on any atom is 0.167 e. The summed E-state index contributed by atoms with van der Waals surface area (Å²) in [6, 6.07) is 46.9. The summed E-state index contributed by atoms with van der Waals surface area (Å²) in [6.45, 7) is 0. The van der Waals surface area contributed by atoms with Gasteiger partial charge in [-0.15, -0.1) is 0 Å². The van der Waals surface area contributed by atoms with Crippen molar-refractivity contribution in [3.05, 3.63) is 140 Å². The number of hydrogen-bond acceptors (Lipinski definition) is 6. The van der Waals surface area contributed by atoms with E-state index in [4.69, 9.17) is 28.2 Å². The molecule has 11 rings (SSSR count). The maximum atomic E-state index is 6.60. The average molecular weight is 630 g/mol. The summed E-state index contributed by atoms with van der Waals surface area (Å²) in [6.07, 6.45) is 0. The van der Waals surface area contributed by atoms with Gasteiger partial charge >= 0.3 is 0 Å². The van der Waals surface area contributed by atoms with Crippen LogP contribution in [0.25, 0.3) is 111 Å². The highest BCUT2D eigenvalue weighted by Gasteiger charge is 2.22. The summed E-state index contributed by atoms with van der Waals surface area (Å²) in [5, 5.41) is 8.25. The van der Waals surface area contributed by atoms with Gasteiger partial charge in [0.15, 0.2) is 17.5 Å². The highest BCUT2D eigenvalue weighted by molar-refractivity contribution is 6.33. The first-order valence-corrected chi connectivity index (χ1v) is 16.2. The lowest BCUT2D eigenvalue weighted by atomic mass is 9.99. The van der Waals surface area contributed by atoms with E-state index in [1.54, 1.807) is 0 Å². The van der Waals surface area contributed by atoms with Crippen LogP contribution in [0.1, 0.15) is 0 Å². The Morgan fingerprint density at radius 2 is 0.898 bits per heavy atom. The van der Waals surface area contributed by atoms with Gasteiger partial charge in [-0.3, -0.25) is 0 Å². The van der Waals surface area contributed by atoms with Gasteiger partial charge in [0.25, 0.3) is 0 Å². The van der Waals surface area contributed by atoms with Crippen molar-refractivity contribution in [2.24, 2.45) is 0 Å². The molecule has 0 aliphatic rings. The Morgan fingerprint density at radius 1 is 0.327 bits per heavy atom. The topological polar surface area (TPSA) is 78.1 Å².